The van der Waals surface area contributed by atoms with Gasteiger partial charge in [-0.1, -0.05) is 89.1 Å². The van der Waals surface area contributed by atoms with Crippen LogP contribution in [0.3, 0.4) is 0 Å². The molecule has 1 atom stereocenters. The van der Waals surface area contributed by atoms with Crippen LogP contribution >= 0.6 is 0 Å². The summed E-state index contributed by atoms with van der Waals surface area (Å²) >= 11 is 0. The Morgan fingerprint density at radius 1 is 0.943 bits per heavy atom. The van der Waals surface area contributed by atoms with Crippen LogP contribution in [0.4, 0.5) is 4.39 Å². The van der Waals surface area contributed by atoms with Crippen LogP contribution in [0.25, 0.3) is 11.3 Å². The van der Waals surface area contributed by atoms with Crippen molar-refractivity contribution in [2.75, 3.05) is 0 Å². The van der Waals surface area contributed by atoms with Gasteiger partial charge in [-0.15, -0.1) is 0 Å². The molecule has 1 aromatic heterocycles. The zero-order valence-electron chi connectivity index (χ0n) is 22.1. The largest absolute Gasteiger partial charge is 0.256 e. The van der Waals surface area contributed by atoms with Gasteiger partial charge in [-0.2, -0.15) is 5.26 Å². The molecule has 1 aliphatic carbocycles. The van der Waals surface area contributed by atoms with Gasteiger partial charge >= 0.3 is 0 Å². The van der Waals surface area contributed by atoms with E-state index < -0.39 is 11.6 Å². The van der Waals surface area contributed by atoms with Gasteiger partial charge in [0.2, 0.25) is 0 Å². The van der Waals surface area contributed by atoms with Crippen LogP contribution in [-0.2, 0) is 6.42 Å². The van der Waals surface area contributed by atoms with Crippen molar-refractivity contribution in [2.24, 2.45) is 5.41 Å². The van der Waals surface area contributed by atoms with E-state index in [0.717, 1.165) is 56.2 Å². The van der Waals surface area contributed by atoms with E-state index in [1.165, 1.54) is 49.7 Å². The molecule has 1 fully saturated rings. The molecule has 1 aromatic carbocycles. The Hall–Kier alpha value is -2.21. The molecule has 1 saturated carbocycles. The van der Waals surface area contributed by atoms with Crippen molar-refractivity contribution < 1.29 is 4.39 Å². The minimum Gasteiger partial charge on any atom is -0.256 e. The molecular formula is C32H45FN2. The molecule has 0 spiro atoms. The lowest BCUT2D eigenvalue weighted by Gasteiger charge is -2.36. The Bertz CT molecular complexity index is 889. The fraction of sp³-hybridized carbons (Fsp3) is 0.625. The highest BCUT2D eigenvalue weighted by molar-refractivity contribution is 5.59. The molecule has 1 heterocycles. The molecule has 2 nitrogen and oxygen atoms in total. The van der Waals surface area contributed by atoms with Crippen LogP contribution in [-0.4, -0.2) is 11.2 Å². The smallest absolute Gasteiger partial charge is 0.102 e. The highest BCUT2D eigenvalue weighted by Gasteiger charge is 2.37. The molecular weight excluding hydrogens is 431 g/mol. The van der Waals surface area contributed by atoms with Crippen LogP contribution in [0.15, 0.2) is 42.6 Å². The lowest BCUT2D eigenvalue weighted by Crippen LogP contribution is -2.28. The Labute approximate surface area is 213 Å². The Kier molecular flexibility index (Phi) is 11.2. The number of hydrogen-bond donors (Lipinski definition) is 0. The van der Waals surface area contributed by atoms with Gasteiger partial charge in [-0.25, -0.2) is 4.39 Å². The predicted molar refractivity (Wildman–Crippen MR) is 145 cm³/mol. The van der Waals surface area contributed by atoms with Crippen molar-refractivity contribution in [3.63, 3.8) is 0 Å². The fourth-order valence-corrected chi connectivity index (χ4v) is 5.60. The van der Waals surface area contributed by atoms with Crippen molar-refractivity contribution in [3.8, 4) is 17.3 Å². The lowest BCUT2D eigenvalue weighted by molar-refractivity contribution is 0.158. The first-order valence-corrected chi connectivity index (χ1v) is 14.2. The van der Waals surface area contributed by atoms with Gasteiger partial charge in [0.05, 0.1) is 17.2 Å². The number of aryl methyl sites for hydroxylation is 1. The zero-order chi connectivity index (χ0) is 24.9. The topological polar surface area (TPSA) is 36.7 Å². The summed E-state index contributed by atoms with van der Waals surface area (Å²) in [6.45, 7) is 4.35. The van der Waals surface area contributed by atoms with Crippen molar-refractivity contribution in [3.05, 3.63) is 53.7 Å². The molecule has 35 heavy (non-hydrogen) atoms. The Morgan fingerprint density at radius 2 is 1.63 bits per heavy atom. The van der Waals surface area contributed by atoms with Gasteiger partial charge in [0.1, 0.15) is 6.17 Å². The van der Waals surface area contributed by atoms with Crippen LogP contribution in [0.5, 0.6) is 0 Å². The number of benzene rings is 1. The minimum absolute atomic E-state index is 0.412. The summed E-state index contributed by atoms with van der Waals surface area (Å²) in [7, 11) is 0. The van der Waals surface area contributed by atoms with E-state index in [9.17, 15) is 9.65 Å². The van der Waals surface area contributed by atoms with Gasteiger partial charge in [-0.3, -0.25) is 4.98 Å². The number of hydrogen-bond acceptors (Lipinski definition) is 2. The summed E-state index contributed by atoms with van der Waals surface area (Å²) < 4.78 is 14.4. The maximum absolute atomic E-state index is 14.4. The molecule has 3 heteroatoms. The van der Waals surface area contributed by atoms with Gasteiger partial charge in [0.15, 0.2) is 0 Å². The third-order valence-electron chi connectivity index (χ3n) is 7.98. The molecule has 2 aromatic rings. The standard InChI is InChI=1S/C32H45FN2/c1-3-5-7-8-9-10-11-26-13-18-31(35-24-26)29-16-14-27(15-17-29)28-19-21-32(25-34,22-20-28)23-30(33)12-6-4-2/h13-18,24,28,30H,3-12,19-23H2,1-2H3/t28-,30?,32+. The van der Waals surface area contributed by atoms with E-state index in [0.29, 0.717) is 18.8 Å². The number of rotatable bonds is 14. The average molecular weight is 477 g/mol. The third kappa shape index (κ3) is 8.45. The molecule has 0 amide bonds. The molecule has 3 rings (SSSR count). The lowest BCUT2D eigenvalue weighted by atomic mass is 9.67. The highest BCUT2D eigenvalue weighted by Crippen LogP contribution is 2.46. The SMILES string of the molecule is CCCCCCCCc1ccc(-c2ccc([C@H]3CC[C@](C#N)(CC(F)CCCC)CC3)cc2)nc1. The summed E-state index contributed by atoms with van der Waals surface area (Å²) in [5.41, 5.74) is 4.37. The van der Waals surface area contributed by atoms with E-state index in [4.69, 9.17) is 4.98 Å². The second-order valence-electron chi connectivity index (χ2n) is 10.8. The van der Waals surface area contributed by atoms with E-state index in [2.05, 4.69) is 56.3 Å². The predicted octanol–water partition coefficient (Wildman–Crippen LogP) is 9.74. The van der Waals surface area contributed by atoms with Gasteiger partial charge in [-0.05, 0) is 74.5 Å². The molecule has 190 valence electrons. The van der Waals surface area contributed by atoms with Crippen molar-refractivity contribution >= 4 is 0 Å². The first-order chi connectivity index (χ1) is 17.1. The molecule has 0 saturated heterocycles. The summed E-state index contributed by atoms with van der Waals surface area (Å²) in [6, 6.07) is 15.7. The van der Waals surface area contributed by atoms with E-state index in [-0.39, 0.29) is 0 Å². The number of nitriles is 1. The average Bonchev–Trinajstić information content (AvgIpc) is 2.90. The normalized spacial score (nSPS) is 20.9. The van der Waals surface area contributed by atoms with Crippen molar-refractivity contribution in [2.45, 2.75) is 122 Å². The van der Waals surface area contributed by atoms with Crippen LogP contribution in [0.2, 0.25) is 0 Å². The molecule has 1 unspecified atom stereocenters. The molecule has 1 aliphatic rings. The van der Waals surface area contributed by atoms with Gasteiger partial charge in [0, 0.05) is 11.8 Å². The molecule has 0 bridgehead atoms. The first kappa shape index (κ1) is 27.4. The number of aromatic nitrogens is 1. The number of nitrogens with zero attached hydrogens (tertiary/aromatic N) is 2. The maximum atomic E-state index is 14.4. The quantitative estimate of drug-likeness (QED) is 0.254. The van der Waals surface area contributed by atoms with Gasteiger partial charge in [0.25, 0.3) is 0 Å². The van der Waals surface area contributed by atoms with Crippen molar-refractivity contribution in [1.82, 2.24) is 4.98 Å². The zero-order valence-corrected chi connectivity index (χ0v) is 22.1. The summed E-state index contributed by atoms with van der Waals surface area (Å²) in [6.07, 6.45) is 16.7. The van der Waals surface area contributed by atoms with Gasteiger partial charge < -0.3 is 0 Å². The van der Waals surface area contributed by atoms with Crippen molar-refractivity contribution in [1.29, 1.82) is 5.26 Å². The number of pyridine rings is 1. The maximum Gasteiger partial charge on any atom is 0.102 e. The third-order valence-corrected chi connectivity index (χ3v) is 7.98. The summed E-state index contributed by atoms with van der Waals surface area (Å²) in [5.74, 6) is 0.465. The summed E-state index contributed by atoms with van der Waals surface area (Å²) in [5, 5.41) is 9.82. The van der Waals surface area contributed by atoms with Crippen LogP contribution in [0.1, 0.15) is 121 Å². The highest BCUT2D eigenvalue weighted by atomic mass is 19.1. The molecule has 0 radical (unpaired) electrons. The fourth-order valence-electron chi connectivity index (χ4n) is 5.60. The molecule has 0 aliphatic heterocycles. The number of unbranched alkanes of at least 4 members (excludes halogenated alkanes) is 6. The Balaban J connectivity index is 1.49. The minimum atomic E-state index is -0.838. The summed E-state index contributed by atoms with van der Waals surface area (Å²) in [4.78, 5) is 4.73. The Morgan fingerprint density at radius 3 is 2.26 bits per heavy atom. The monoisotopic (exact) mass is 476 g/mol. The molecule has 0 N–H and O–H groups in total. The number of alkyl halides is 1. The number of halogens is 1. The second-order valence-corrected chi connectivity index (χ2v) is 10.8. The van der Waals surface area contributed by atoms with E-state index in [1.54, 1.807) is 0 Å². The van der Waals surface area contributed by atoms with Crippen LogP contribution < -0.4 is 0 Å². The van der Waals surface area contributed by atoms with E-state index in [1.807, 2.05) is 6.20 Å². The van der Waals surface area contributed by atoms with E-state index >= 15 is 0 Å². The second kappa shape index (κ2) is 14.4. The van der Waals surface area contributed by atoms with Crippen LogP contribution in [0, 0.1) is 16.7 Å². The first-order valence-electron chi connectivity index (χ1n) is 14.2.